The predicted octanol–water partition coefficient (Wildman–Crippen LogP) is 0.965. The number of sulfonamides is 1. The first-order chi connectivity index (χ1) is 12.8. The molecule has 27 heavy (non-hydrogen) atoms. The van der Waals surface area contributed by atoms with Gasteiger partial charge >= 0.3 is 0 Å². The minimum Gasteiger partial charge on any atom is -0.355 e. The Morgan fingerprint density at radius 1 is 1.22 bits per heavy atom. The molecule has 1 aromatic carbocycles. The molecule has 2 N–H and O–H groups in total. The first kappa shape index (κ1) is 21.3. The summed E-state index contributed by atoms with van der Waals surface area (Å²) < 4.78 is 27.9. The number of rotatable bonds is 10. The van der Waals surface area contributed by atoms with Gasteiger partial charge in [-0.2, -0.15) is 0 Å². The molecular formula is C18H29N5O3S. The van der Waals surface area contributed by atoms with Crippen molar-refractivity contribution in [2.24, 2.45) is 0 Å². The molecule has 0 radical (unpaired) electrons. The van der Waals surface area contributed by atoms with Crippen LogP contribution in [0.15, 0.2) is 23.1 Å². The number of aryl methyl sites for hydroxylation is 2. The van der Waals surface area contributed by atoms with Crippen molar-refractivity contribution in [1.82, 2.24) is 24.5 Å². The molecule has 9 heteroatoms. The van der Waals surface area contributed by atoms with Crippen LogP contribution >= 0.6 is 0 Å². The summed E-state index contributed by atoms with van der Waals surface area (Å²) in [6.45, 7) is 6.95. The first-order valence-electron chi connectivity index (χ1n) is 9.20. The number of likely N-dealkylation sites (N-methyl/N-ethyl adjacent to an activating group) is 1. The summed E-state index contributed by atoms with van der Waals surface area (Å²) in [6, 6.07) is 4.97. The molecule has 0 atom stereocenters. The summed E-state index contributed by atoms with van der Waals surface area (Å²) in [4.78, 5) is 16.8. The Morgan fingerprint density at radius 2 is 1.96 bits per heavy atom. The third-order valence-electron chi connectivity index (χ3n) is 4.34. The van der Waals surface area contributed by atoms with Gasteiger partial charge in [0, 0.05) is 46.6 Å². The van der Waals surface area contributed by atoms with Gasteiger partial charge in [-0.3, -0.25) is 4.79 Å². The van der Waals surface area contributed by atoms with Gasteiger partial charge in [0.1, 0.15) is 5.82 Å². The number of carbonyl (C=O) groups is 1. The molecule has 150 valence electrons. The fourth-order valence-corrected chi connectivity index (χ4v) is 3.78. The maximum Gasteiger partial charge on any atom is 0.242 e. The van der Waals surface area contributed by atoms with Crippen LogP contribution in [-0.2, 0) is 27.8 Å². The van der Waals surface area contributed by atoms with Gasteiger partial charge in [-0.25, -0.2) is 17.7 Å². The quantitative estimate of drug-likeness (QED) is 0.584. The Bertz CT molecular complexity index is 890. The molecule has 1 aromatic heterocycles. The molecule has 0 saturated carbocycles. The number of nitrogens with one attached hydrogen (secondary N) is 2. The Balaban J connectivity index is 2.16. The topological polar surface area (TPSA) is 96.3 Å². The molecule has 0 saturated heterocycles. The number of imidazole rings is 1. The van der Waals surface area contributed by atoms with Crippen LogP contribution in [0.4, 0.5) is 0 Å². The lowest BCUT2D eigenvalue weighted by molar-refractivity contribution is -0.121. The minimum absolute atomic E-state index is 0.0153. The molecular weight excluding hydrogens is 366 g/mol. The smallest absolute Gasteiger partial charge is 0.242 e. The zero-order valence-electron chi connectivity index (χ0n) is 16.4. The van der Waals surface area contributed by atoms with Crippen molar-refractivity contribution in [1.29, 1.82) is 0 Å². The third kappa shape index (κ3) is 5.06. The lowest BCUT2D eigenvalue weighted by Crippen LogP contribution is -2.31. The number of nitrogens with zero attached hydrogens (tertiary/aromatic N) is 3. The average Bonchev–Trinajstić information content (AvgIpc) is 3.00. The molecule has 0 aliphatic heterocycles. The van der Waals surface area contributed by atoms with E-state index >= 15 is 0 Å². The summed E-state index contributed by atoms with van der Waals surface area (Å²) >= 11 is 0. The van der Waals surface area contributed by atoms with E-state index in [4.69, 9.17) is 0 Å². The highest BCUT2D eigenvalue weighted by molar-refractivity contribution is 7.89. The molecule has 0 aliphatic rings. The van der Waals surface area contributed by atoms with Crippen LogP contribution in [0.3, 0.4) is 0 Å². The number of amides is 1. The molecule has 2 rings (SSSR count). The van der Waals surface area contributed by atoms with Crippen molar-refractivity contribution in [2.75, 3.05) is 33.7 Å². The Morgan fingerprint density at radius 3 is 2.59 bits per heavy atom. The van der Waals surface area contributed by atoms with Gasteiger partial charge in [0.2, 0.25) is 15.9 Å². The number of hydrogen-bond acceptors (Lipinski definition) is 5. The van der Waals surface area contributed by atoms with Crippen molar-refractivity contribution in [2.45, 2.75) is 38.1 Å². The van der Waals surface area contributed by atoms with E-state index in [1.165, 1.54) is 18.4 Å². The van der Waals surface area contributed by atoms with E-state index < -0.39 is 10.0 Å². The average molecular weight is 396 g/mol. The van der Waals surface area contributed by atoms with Gasteiger partial charge in [-0.05, 0) is 31.7 Å². The first-order valence-corrected chi connectivity index (χ1v) is 10.6. The normalized spacial score (nSPS) is 12.0. The van der Waals surface area contributed by atoms with Gasteiger partial charge in [-0.1, -0.05) is 6.92 Å². The standard InChI is InChI=1S/C18H29N5O3S/c1-5-19-11-12-20-18(24)10-9-17-21-15-13-14(27(25,26)22(3)4)7-8-16(15)23(17)6-2/h7-8,13,19H,5-6,9-12H2,1-4H3,(H,20,24). The summed E-state index contributed by atoms with van der Waals surface area (Å²) in [7, 11) is -0.497. The molecule has 0 aliphatic carbocycles. The second-order valence-corrected chi connectivity index (χ2v) is 8.57. The summed E-state index contributed by atoms with van der Waals surface area (Å²) in [5.41, 5.74) is 1.50. The molecule has 2 aromatic rings. The lowest BCUT2D eigenvalue weighted by atomic mass is 10.2. The fourth-order valence-electron chi connectivity index (χ4n) is 2.86. The van der Waals surface area contributed by atoms with Gasteiger partial charge in [0.15, 0.2) is 0 Å². The summed E-state index contributed by atoms with van der Waals surface area (Å²) in [5, 5.41) is 6.03. The number of benzene rings is 1. The van der Waals surface area contributed by atoms with Gasteiger partial charge in [-0.15, -0.1) is 0 Å². The number of fused-ring (bicyclic) bond motifs is 1. The van der Waals surface area contributed by atoms with E-state index in [2.05, 4.69) is 15.6 Å². The molecule has 8 nitrogen and oxygen atoms in total. The predicted molar refractivity (Wildman–Crippen MR) is 106 cm³/mol. The van der Waals surface area contributed by atoms with Crippen molar-refractivity contribution in [3.05, 3.63) is 24.0 Å². The van der Waals surface area contributed by atoms with E-state index in [-0.39, 0.29) is 10.8 Å². The number of carbonyl (C=O) groups excluding carboxylic acids is 1. The van der Waals surface area contributed by atoms with Crippen LogP contribution in [0.25, 0.3) is 11.0 Å². The van der Waals surface area contributed by atoms with Gasteiger partial charge < -0.3 is 15.2 Å². The Labute approximate surface area is 161 Å². The van der Waals surface area contributed by atoms with Crippen LogP contribution in [0, 0.1) is 0 Å². The van der Waals surface area contributed by atoms with Crippen LogP contribution in [0.1, 0.15) is 26.1 Å². The molecule has 1 heterocycles. The number of hydrogen-bond donors (Lipinski definition) is 2. The molecule has 1 amide bonds. The second kappa shape index (κ2) is 9.29. The molecule has 0 fully saturated rings. The third-order valence-corrected chi connectivity index (χ3v) is 6.15. The monoisotopic (exact) mass is 395 g/mol. The zero-order chi connectivity index (χ0) is 20.0. The van der Waals surface area contributed by atoms with Crippen molar-refractivity contribution in [3.63, 3.8) is 0 Å². The highest BCUT2D eigenvalue weighted by atomic mass is 32.2. The van der Waals surface area contributed by atoms with Crippen LogP contribution < -0.4 is 10.6 Å². The highest BCUT2D eigenvalue weighted by Crippen LogP contribution is 2.22. The Hall–Kier alpha value is -1.97. The molecule has 0 spiro atoms. The van der Waals surface area contributed by atoms with Crippen LogP contribution in [0.2, 0.25) is 0 Å². The largest absolute Gasteiger partial charge is 0.355 e. The van der Waals surface area contributed by atoms with Crippen LogP contribution in [-0.4, -0.2) is 61.9 Å². The van der Waals surface area contributed by atoms with E-state index in [0.717, 1.165) is 24.4 Å². The lowest BCUT2D eigenvalue weighted by Gasteiger charge is -2.11. The van der Waals surface area contributed by atoms with Crippen molar-refractivity contribution < 1.29 is 13.2 Å². The van der Waals surface area contributed by atoms with Gasteiger partial charge in [0.05, 0.1) is 15.9 Å². The Kier molecular flexibility index (Phi) is 7.34. The van der Waals surface area contributed by atoms with Crippen molar-refractivity contribution >= 4 is 27.0 Å². The maximum atomic E-state index is 12.3. The summed E-state index contributed by atoms with van der Waals surface area (Å²) in [5.74, 6) is 0.771. The minimum atomic E-state index is -3.51. The van der Waals surface area contributed by atoms with Gasteiger partial charge in [0.25, 0.3) is 0 Å². The van der Waals surface area contributed by atoms with E-state index in [0.29, 0.717) is 31.4 Å². The molecule has 0 unspecified atom stereocenters. The van der Waals surface area contributed by atoms with Crippen LogP contribution in [0.5, 0.6) is 0 Å². The second-order valence-electron chi connectivity index (χ2n) is 6.41. The van der Waals surface area contributed by atoms with Crippen molar-refractivity contribution in [3.8, 4) is 0 Å². The highest BCUT2D eigenvalue weighted by Gasteiger charge is 2.19. The van der Waals surface area contributed by atoms with E-state index in [1.807, 2.05) is 18.4 Å². The zero-order valence-corrected chi connectivity index (χ0v) is 17.3. The maximum absolute atomic E-state index is 12.3. The number of aromatic nitrogens is 2. The van der Waals surface area contributed by atoms with E-state index in [1.54, 1.807) is 18.2 Å². The molecule has 0 bridgehead atoms. The SMILES string of the molecule is CCNCCNC(=O)CCc1nc2cc(S(=O)(=O)N(C)C)ccc2n1CC. The fraction of sp³-hybridized carbons (Fsp3) is 0.556. The summed E-state index contributed by atoms with van der Waals surface area (Å²) in [6.07, 6.45) is 0.851. The van der Waals surface area contributed by atoms with E-state index in [9.17, 15) is 13.2 Å².